The third kappa shape index (κ3) is 3.41. The molecule has 2 aromatic rings. The minimum atomic E-state index is -0.333. The molecule has 98 valence electrons. The van der Waals surface area contributed by atoms with Crippen molar-refractivity contribution < 1.29 is 9.53 Å². The molecule has 0 fully saturated rings. The zero-order valence-electron chi connectivity index (χ0n) is 10.5. The molecule has 0 saturated carbocycles. The van der Waals surface area contributed by atoms with E-state index in [9.17, 15) is 4.79 Å². The summed E-state index contributed by atoms with van der Waals surface area (Å²) in [6, 6.07) is 8.61. The Bertz CT molecular complexity index is 569. The van der Waals surface area contributed by atoms with Gasteiger partial charge in [-0.25, -0.2) is 9.78 Å². The maximum atomic E-state index is 11.5. The SMILES string of the molecule is CCOC(=O)c1ccc(Nc2ccnc(N)n2)cc1. The van der Waals surface area contributed by atoms with E-state index in [1.807, 2.05) is 0 Å². The fourth-order valence-corrected chi connectivity index (χ4v) is 1.50. The highest BCUT2D eigenvalue weighted by molar-refractivity contribution is 5.89. The molecule has 0 saturated heterocycles. The summed E-state index contributed by atoms with van der Waals surface area (Å²) in [4.78, 5) is 19.3. The van der Waals surface area contributed by atoms with Crippen LogP contribution in [-0.4, -0.2) is 22.5 Å². The standard InChI is InChI=1S/C13H14N4O2/c1-2-19-12(18)9-3-5-10(6-4-9)16-11-7-8-15-13(14)17-11/h3-8H,2H2,1H3,(H3,14,15,16,17). The molecular formula is C13H14N4O2. The minimum absolute atomic E-state index is 0.202. The number of nitrogens with two attached hydrogens (primary N) is 1. The molecule has 6 heteroatoms. The summed E-state index contributed by atoms with van der Waals surface area (Å²) in [7, 11) is 0. The predicted octanol–water partition coefficient (Wildman–Crippen LogP) is 1.98. The van der Waals surface area contributed by atoms with Gasteiger partial charge in [0.1, 0.15) is 5.82 Å². The van der Waals surface area contributed by atoms with Gasteiger partial charge in [0, 0.05) is 11.9 Å². The number of carbonyl (C=O) groups is 1. The number of nitrogen functional groups attached to an aromatic ring is 1. The monoisotopic (exact) mass is 258 g/mol. The second-order valence-corrected chi connectivity index (χ2v) is 3.72. The Morgan fingerprint density at radius 1 is 1.32 bits per heavy atom. The summed E-state index contributed by atoms with van der Waals surface area (Å²) in [6.45, 7) is 2.13. The van der Waals surface area contributed by atoms with E-state index in [1.165, 1.54) is 0 Å². The molecule has 0 atom stereocenters. The molecule has 0 aliphatic heterocycles. The Labute approximate surface area is 110 Å². The van der Waals surface area contributed by atoms with Gasteiger partial charge in [0.05, 0.1) is 12.2 Å². The van der Waals surface area contributed by atoms with Crippen LogP contribution in [0.25, 0.3) is 0 Å². The summed E-state index contributed by atoms with van der Waals surface area (Å²) in [5.41, 5.74) is 6.79. The number of hydrogen-bond acceptors (Lipinski definition) is 6. The Hall–Kier alpha value is -2.63. The second kappa shape index (κ2) is 5.81. The van der Waals surface area contributed by atoms with Crippen LogP contribution >= 0.6 is 0 Å². The van der Waals surface area contributed by atoms with Gasteiger partial charge in [0.2, 0.25) is 5.95 Å². The van der Waals surface area contributed by atoms with Crippen molar-refractivity contribution in [2.45, 2.75) is 6.92 Å². The Balaban J connectivity index is 2.08. The van der Waals surface area contributed by atoms with Gasteiger partial charge in [-0.15, -0.1) is 0 Å². The first kappa shape index (κ1) is 12.8. The van der Waals surface area contributed by atoms with Crippen molar-refractivity contribution in [3.05, 3.63) is 42.1 Å². The highest BCUT2D eigenvalue weighted by Crippen LogP contribution is 2.15. The topological polar surface area (TPSA) is 90.1 Å². The number of nitrogens with one attached hydrogen (secondary N) is 1. The first-order valence-corrected chi connectivity index (χ1v) is 5.82. The zero-order valence-corrected chi connectivity index (χ0v) is 10.5. The van der Waals surface area contributed by atoms with E-state index in [-0.39, 0.29) is 11.9 Å². The van der Waals surface area contributed by atoms with Crippen molar-refractivity contribution >= 4 is 23.4 Å². The summed E-state index contributed by atoms with van der Waals surface area (Å²) in [5.74, 6) is 0.463. The average Bonchev–Trinajstić information content (AvgIpc) is 2.40. The number of carbonyl (C=O) groups excluding carboxylic acids is 1. The molecule has 0 spiro atoms. The van der Waals surface area contributed by atoms with E-state index >= 15 is 0 Å². The van der Waals surface area contributed by atoms with Crippen molar-refractivity contribution in [1.82, 2.24) is 9.97 Å². The van der Waals surface area contributed by atoms with Gasteiger partial charge in [0.15, 0.2) is 0 Å². The van der Waals surface area contributed by atoms with Crippen molar-refractivity contribution in [2.24, 2.45) is 0 Å². The van der Waals surface area contributed by atoms with Gasteiger partial charge in [-0.3, -0.25) is 0 Å². The van der Waals surface area contributed by atoms with E-state index in [0.717, 1.165) is 5.69 Å². The molecule has 1 heterocycles. The van der Waals surface area contributed by atoms with Crippen LogP contribution < -0.4 is 11.1 Å². The molecule has 6 nitrogen and oxygen atoms in total. The summed E-state index contributed by atoms with van der Waals surface area (Å²) >= 11 is 0. The van der Waals surface area contributed by atoms with Crippen LogP contribution in [0.4, 0.5) is 17.5 Å². The number of nitrogens with zero attached hydrogens (tertiary/aromatic N) is 2. The van der Waals surface area contributed by atoms with Gasteiger partial charge >= 0.3 is 5.97 Å². The Morgan fingerprint density at radius 2 is 2.05 bits per heavy atom. The fraction of sp³-hybridized carbons (Fsp3) is 0.154. The zero-order chi connectivity index (χ0) is 13.7. The van der Waals surface area contributed by atoms with E-state index in [1.54, 1.807) is 43.5 Å². The summed E-state index contributed by atoms with van der Waals surface area (Å²) in [6.07, 6.45) is 1.57. The average molecular weight is 258 g/mol. The van der Waals surface area contributed by atoms with Gasteiger partial charge in [0.25, 0.3) is 0 Å². The van der Waals surface area contributed by atoms with Gasteiger partial charge in [-0.2, -0.15) is 4.98 Å². The molecule has 1 aromatic carbocycles. The van der Waals surface area contributed by atoms with E-state index in [4.69, 9.17) is 10.5 Å². The smallest absolute Gasteiger partial charge is 0.338 e. The van der Waals surface area contributed by atoms with Crippen molar-refractivity contribution in [3.63, 3.8) is 0 Å². The van der Waals surface area contributed by atoms with Crippen molar-refractivity contribution in [3.8, 4) is 0 Å². The minimum Gasteiger partial charge on any atom is -0.462 e. The molecule has 0 aliphatic rings. The maximum absolute atomic E-state index is 11.5. The lowest BCUT2D eigenvalue weighted by atomic mass is 10.2. The molecule has 0 radical (unpaired) electrons. The summed E-state index contributed by atoms with van der Waals surface area (Å²) in [5, 5.41) is 3.06. The van der Waals surface area contributed by atoms with Gasteiger partial charge < -0.3 is 15.8 Å². The number of aromatic nitrogens is 2. The third-order valence-electron chi connectivity index (χ3n) is 2.34. The molecule has 0 unspecified atom stereocenters. The molecule has 0 aliphatic carbocycles. The van der Waals surface area contributed by atoms with Crippen LogP contribution in [0.3, 0.4) is 0 Å². The van der Waals surface area contributed by atoms with Crippen LogP contribution in [0.5, 0.6) is 0 Å². The Kier molecular flexibility index (Phi) is 3.92. The number of esters is 1. The largest absolute Gasteiger partial charge is 0.462 e. The first-order chi connectivity index (χ1) is 9.19. The van der Waals surface area contributed by atoms with Crippen molar-refractivity contribution in [2.75, 3.05) is 17.7 Å². The first-order valence-electron chi connectivity index (χ1n) is 5.82. The van der Waals surface area contributed by atoms with Gasteiger partial charge in [-0.05, 0) is 37.3 Å². The Morgan fingerprint density at radius 3 is 2.68 bits per heavy atom. The summed E-state index contributed by atoms with van der Waals surface area (Å²) < 4.78 is 4.91. The van der Waals surface area contributed by atoms with E-state index in [0.29, 0.717) is 18.0 Å². The van der Waals surface area contributed by atoms with Gasteiger partial charge in [-0.1, -0.05) is 0 Å². The fourth-order valence-electron chi connectivity index (χ4n) is 1.50. The molecule has 0 bridgehead atoms. The lowest BCUT2D eigenvalue weighted by Crippen LogP contribution is -2.04. The highest BCUT2D eigenvalue weighted by atomic mass is 16.5. The van der Waals surface area contributed by atoms with Crippen LogP contribution in [0.2, 0.25) is 0 Å². The number of ether oxygens (including phenoxy) is 1. The van der Waals surface area contributed by atoms with Crippen LogP contribution in [-0.2, 0) is 4.74 Å². The molecule has 3 N–H and O–H groups in total. The maximum Gasteiger partial charge on any atom is 0.338 e. The van der Waals surface area contributed by atoms with Crippen LogP contribution in [0.15, 0.2) is 36.5 Å². The van der Waals surface area contributed by atoms with Crippen molar-refractivity contribution in [1.29, 1.82) is 0 Å². The number of anilines is 3. The quantitative estimate of drug-likeness (QED) is 0.815. The molecule has 2 rings (SSSR count). The number of hydrogen-bond donors (Lipinski definition) is 2. The normalized spacial score (nSPS) is 9.95. The molecular weight excluding hydrogens is 244 g/mol. The van der Waals surface area contributed by atoms with E-state index in [2.05, 4.69) is 15.3 Å². The lowest BCUT2D eigenvalue weighted by molar-refractivity contribution is 0.0526. The highest BCUT2D eigenvalue weighted by Gasteiger charge is 2.05. The lowest BCUT2D eigenvalue weighted by Gasteiger charge is -2.06. The van der Waals surface area contributed by atoms with Crippen LogP contribution in [0, 0.1) is 0 Å². The molecule has 1 aromatic heterocycles. The third-order valence-corrected chi connectivity index (χ3v) is 2.34. The van der Waals surface area contributed by atoms with E-state index < -0.39 is 0 Å². The molecule has 0 amide bonds. The number of rotatable bonds is 4. The second-order valence-electron chi connectivity index (χ2n) is 3.72. The van der Waals surface area contributed by atoms with Crippen LogP contribution in [0.1, 0.15) is 17.3 Å². The molecule has 19 heavy (non-hydrogen) atoms. The predicted molar refractivity (Wildman–Crippen MR) is 72.1 cm³/mol. The number of benzene rings is 1.